The Balaban J connectivity index is 2.17. The average Bonchev–Trinajstić information content (AvgIpc) is 2.92. The Morgan fingerprint density at radius 1 is 1.47 bits per heavy atom. The van der Waals surface area contributed by atoms with Gasteiger partial charge in [0.05, 0.1) is 20.3 Å². The molecule has 0 bridgehead atoms. The highest BCUT2D eigenvalue weighted by Gasteiger charge is 2.20. The minimum Gasteiger partial charge on any atom is -0.493 e. The van der Waals surface area contributed by atoms with E-state index in [1.54, 1.807) is 25.3 Å². The number of carbonyl (C=O) groups is 1. The van der Waals surface area contributed by atoms with Gasteiger partial charge in [-0.15, -0.1) is 0 Å². The van der Waals surface area contributed by atoms with Gasteiger partial charge < -0.3 is 19.9 Å². The van der Waals surface area contributed by atoms with Crippen molar-refractivity contribution in [1.29, 1.82) is 0 Å². The van der Waals surface area contributed by atoms with E-state index in [2.05, 4.69) is 0 Å². The Hall–Kier alpha value is -1.59. The van der Waals surface area contributed by atoms with E-state index >= 15 is 0 Å². The van der Waals surface area contributed by atoms with Crippen molar-refractivity contribution in [1.82, 2.24) is 0 Å². The summed E-state index contributed by atoms with van der Waals surface area (Å²) in [6.45, 7) is 1.63. The standard InChI is InChI=1S/C14H19NO4/c1-17-13-3-2-10(12(16)4-6-15)8-14(13)19-11-5-7-18-9-11/h2-3,8,11H,4-7,9,15H2,1H3. The molecule has 2 N–H and O–H groups in total. The molecule has 5 nitrogen and oxygen atoms in total. The first-order valence-electron chi connectivity index (χ1n) is 6.40. The van der Waals surface area contributed by atoms with Gasteiger partial charge in [-0.25, -0.2) is 0 Å². The fourth-order valence-electron chi connectivity index (χ4n) is 2.00. The van der Waals surface area contributed by atoms with Crippen molar-refractivity contribution < 1.29 is 19.0 Å². The van der Waals surface area contributed by atoms with Crippen molar-refractivity contribution in [2.45, 2.75) is 18.9 Å². The van der Waals surface area contributed by atoms with Crippen molar-refractivity contribution in [2.75, 3.05) is 26.9 Å². The Morgan fingerprint density at radius 3 is 2.95 bits per heavy atom. The fourth-order valence-corrected chi connectivity index (χ4v) is 2.00. The second-order valence-electron chi connectivity index (χ2n) is 4.43. The molecule has 1 aromatic carbocycles. The predicted octanol–water partition coefficient (Wildman–Crippen LogP) is 1.39. The lowest BCUT2D eigenvalue weighted by Crippen LogP contribution is -2.16. The second kappa shape index (κ2) is 6.54. The molecule has 0 saturated carbocycles. The first-order valence-corrected chi connectivity index (χ1v) is 6.40. The molecule has 5 heteroatoms. The Kier molecular flexibility index (Phi) is 4.76. The van der Waals surface area contributed by atoms with Crippen LogP contribution >= 0.6 is 0 Å². The lowest BCUT2D eigenvalue weighted by atomic mass is 10.1. The molecular weight excluding hydrogens is 246 g/mol. The monoisotopic (exact) mass is 265 g/mol. The summed E-state index contributed by atoms with van der Waals surface area (Å²) in [5.74, 6) is 1.22. The lowest BCUT2D eigenvalue weighted by molar-refractivity contribution is 0.0984. The van der Waals surface area contributed by atoms with Crippen LogP contribution in [0.2, 0.25) is 0 Å². The van der Waals surface area contributed by atoms with Crippen LogP contribution in [0, 0.1) is 0 Å². The van der Waals surface area contributed by atoms with Gasteiger partial charge in [-0.3, -0.25) is 4.79 Å². The molecule has 1 fully saturated rings. The SMILES string of the molecule is COc1ccc(C(=O)CCN)cc1OC1CCOC1. The lowest BCUT2D eigenvalue weighted by Gasteiger charge is -2.15. The first kappa shape index (κ1) is 13.8. The third kappa shape index (κ3) is 3.45. The molecule has 0 amide bonds. The summed E-state index contributed by atoms with van der Waals surface area (Å²) in [4.78, 5) is 11.8. The average molecular weight is 265 g/mol. The Labute approximate surface area is 112 Å². The van der Waals surface area contributed by atoms with Gasteiger partial charge in [0.2, 0.25) is 0 Å². The number of methoxy groups -OCH3 is 1. The number of ether oxygens (including phenoxy) is 3. The largest absolute Gasteiger partial charge is 0.493 e. The van der Waals surface area contributed by atoms with Crippen LogP contribution in [0.4, 0.5) is 0 Å². The summed E-state index contributed by atoms with van der Waals surface area (Å²) >= 11 is 0. The van der Waals surface area contributed by atoms with Gasteiger partial charge in [0.1, 0.15) is 6.10 Å². The van der Waals surface area contributed by atoms with Crippen LogP contribution in [0.15, 0.2) is 18.2 Å². The van der Waals surface area contributed by atoms with Gasteiger partial charge in [0, 0.05) is 18.4 Å². The van der Waals surface area contributed by atoms with Crippen LogP contribution in [0.25, 0.3) is 0 Å². The third-order valence-electron chi connectivity index (χ3n) is 3.04. The minimum absolute atomic E-state index is 0.0117. The van der Waals surface area contributed by atoms with E-state index in [0.29, 0.717) is 43.2 Å². The van der Waals surface area contributed by atoms with Crippen molar-refractivity contribution >= 4 is 5.78 Å². The Morgan fingerprint density at radius 2 is 2.32 bits per heavy atom. The normalized spacial score (nSPS) is 18.3. The summed E-state index contributed by atoms with van der Waals surface area (Å²) in [6, 6.07) is 5.19. The van der Waals surface area contributed by atoms with Gasteiger partial charge in [0.15, 0.2) is 17.3 Å². The molecule has 2 rings (SSSR count). The number of ketones is 1. The molecule has 1 heterocycles. The maximum absolute atomic E-state index is 11.8. The molecule has 0 aliphatic carbocycles. The number of hydrogen-bond acceptors (Lipinski definition) is 5. The summed E-state index contributed by atoms with van der Waals surface area (Å²) < 4.78 is 16.4. The molecule has 1 aromatic rings. The molecule has 0 radical (unpaired) electrons. The zero-order chi connectivity index (χ0) is 13.7. The van der Waals surface area contributed by atoms with Crippen LogP contribution in [0.1, 0.15) is 23.2 Å². The van der Waals surface area contributed by atoms with E-state index in [4.69, 9.17) is 19.9 Å². The fraction of sp³-hybridized carbons (Fsp3) is 0.500. The molecule has 1 atom stereocenters. The smallest absolute Gasteiger partial charge is 0.164 e. The van der Waals surface area contributed by atoms with E-state index in [0.717, 1.165) is 6.42 Å². The highest BCUT2D eigenvalue weighted by atomic mass is 16.6. The van der Waals surface area contributed by atoms with Crippen LogP contribution in [0.3, 0.4) is 0 Å². The molecule has 0 spiro atoms. The summed E-state index contributed by atoms with van der Waals surface area (Å²) in [5, 5.41) is 0. The number of rotatable bonds is 6. The topological polar surface area (TPSA) is 70.8 Å². The minimum atomic E-state index is 0.0117. The zero-order valence-corrected chi connectivity index (χ0v) is 11.1. The number of Topliss-reactive ketones (excluding diaryl/α,β-unsaturated/α-hetero) is 1. The quantitative estimate of drug-likeness (QED) is 0.787. The summed E-state index contributed by atoms with van der Waals surface area (Å²) in [5.41, 5.74) is 6.00. The molecule has 19 heavy (non-hydrogen) atoms. The number of nitrogens with two attached hydrogens (primary N) is 1. The van der Waals surface area contributed by atoms with Gasteiger partial charge in [-0.1, -0.05) is 0 Å². The van der Waals surface area contributed by atoms with Crippen LogP contribution in [-0.2, 0) is 4.74 Å². The maximum Gasteiger partial charge on any atom is 0.164 e. The Bertz CT molecular complexity index is 441. The zero-order valence-electron chi connectivity index (χ0n) is 11.1. The number of carbonyl (C=O) groups excluding carboxylic acids is 1. The van der Waals surface area contributed by atoms with Crippen LogP contribution in [0.5, 0.6) is 11.5 Å². The van der Waals surface area contributed by atoms with E-state index in [9.17, 15) is 4.79 Å². The van der Waals surface area contributed by atoms with E-state index in [1.807, 2.05) is 0 Å². The van der Waals surface area contributed by atoms with Gasteiger partial charge in [-0.2, -0.15) is 0 Å². The van der Waals surface area contributed by atoms with Crippen molar-refractivity contribution in [3.63, 3.8) is 0 Å². The molecule has 1 aliphatic rings. The van der Waals surface area contributed by atoms with E-state index in [-0.39, 0.29) is 11.9 Å². The predicted molar refractivity (Wildman–Crippen MR) is 70.8 cm³/mol. The first-order chi connectivity index (χ1) is 9.24. The molecule has 104 valence electrons. The van der Waals surface area contributed by atoms with E-state index in [1.165, 1.54) is 0 Å². The molecule has 1 aliphatic heterocycles. The molecular formula is C14H19NO4. The van der Waals surface area contributed by atoms with Crippen molar-refractivity contribution in [3.05, 3.63) is 23.8 Å². The molecule has 0 aromatic heterocycles. The highest BCUT2D eigenvalue weighted by Crippen LogP contribution is 2.30. The van der Waals surface area contributed by atoms with Gasteiger partial charge in [0.25, 0.3) is 0 Å². The van der Waals surface area contributed by atoms with E-state index < -0.39 is 0 Å². The van der Waals surface area contributed by atoms with Crippen molar-refractivity contribution in [2.24, 2.45) is 5.73 Å². The van der Waals surface area contributed by atoms with Gasteiger partial charge in [-0.05, 0) is 24.7 Å². The molecule has 1 unspecified atom stereocenters. The maximum atomic E-state index is 11.8. The van der Waals surface area contributed by atoms with Crippen LogP contribution < -0.4 is 15.2 Å². The van der Waals surface area contributed by atoms with Gasteiger partial charge >= 0.3 is 0 Å². The highest BCUT2D eigenvalue weighted by molar-refractivity contribution is 5.96. The van der Waals surface area contributed by atoms with Crippen molar-refractivity contribution in [3.8, 4) is 11.5 Å². The number of benzene rings is 1. The third-order valence-corrected chi connectivity index (χ3v) is 3.04. The summed E-state index contributed by atoms with van der Waals surface area (Å²) in [6.07, 6.45) is 1.20. The van der Waals surface area contributed by atoms with Crippen LogP contribution in [-0.4, -0.2) is 38.8 Å². The summed E-state index contributed by atoms with van der Waals surface area (Å²) in [7, 11) is 1.58. The second-order valence-corrected chi connectivity index (χ2v) is 4.43. The number of hydrogen-bond donors (Lipinski definition) is 1. The molecule has 1 saturated heterocycles.